The van der Waals surface area contributed by atoms with Crippen molar-refractivity contribution in [3.63, 3.8) is 0 Å². The van der Waals surface area contributed by atoms with E-state index in [1.807, 2.05) is 20.8 Å². The number of aliphatic hydroxyl groups is 9. The Balaban J connectivity index is 1.27. The van der Waals surface area contributed by atoms with Crippen molar-refractivity contribution in [3.05, 3.63) is 11.6 Å². The summed E-state index contributed by atoms with van der Waals surface area (Å²) in [4.78, 5) is 0. The molecule has 0 spiro atoms. The number of rotatable bonds is 9. The fourth-order valence-corrected chi connectivity index (χ4v) is 13.1. The van der Waals surface area contributed by atoms with Crippen LogP contribution in [-0.4, -0.2) is 138 Å². The van der Waals surface area contributed by atoms with Crippen LogP contribution >= 0.6 is 0 Å². The SMILES string of the molecule is CC(C)=CCC[C@](C)(O[C@@H]1O[C@H](CO[C@H]2OC[C@@H](O)[C@H](O)[C@H]2O)[C@@H](O)[C@H](O)[C@H]1O)[C@H]1CC[C@]2(C)[C@@H]1[C@H](O)C[C@@H]1[C@@]3(C)C[C@@H](O)[C@H](O)C(C)(C)[C@@H]3CC[C@]12C. The normalized spacial score (nSPS) is 52.8. The number of allylic oxidation sites excluding steroid dienone is 2. The molecule has 54 heavy (non-hydrogen) atoms. The van der Waals surface area contributed by atoms with Gasteiger partial charge in [0.2, 0.25) is 0 Å². The Morgan fingerprint density at radius 1 is 0.759 bits per heavy atom. The first kappa shape index (κ1) is 42.8. The summed E-state index contributed by atoms with van der Waals surface area (Å²) >= 11 is 0. The summed E-state index contributed by atoms with van der Waals surface area (Å²) in [6, 6.07) is 0. The minimum absolute atomic E-state index is 0.120. The van der Waals surface area contributed by atoms with Crippen molar-refractivity contribution in [1.82, 2.24) is 0 Å². The third kappa shape index (κ3) is 6.86. The second kappa shape index (κ2) is 15.1. The lowest BCUT2D eigenvalue weighted by atomic mass is 9.35. The van der Waals surface area contributed by atoms with E-state index in [-0.39, 0.29) is 53.1 Å². The zero-order chi connectivity index (χ0) is 39.9. The van der Waals surface area contributed by atoms with Crippen LogP contribution in [-0.2, 0) is 18.9 Å². The predicted molar refractivity (Wildman–Crippen MR) is 196 cm³/mol. The minimum Gasteiger partial charge on any atom is -0.393 e. The summed E-state index contributed by atoms with van der Waals surface area (Å²) in [6.07, 6.45) is -7.52. The number of ether oxygens (including phenoxy) is 4. The molecule has 13 heteroatoms. The Bertz CT molecular complexity index is 1360. The highest BCUT2D eigenvalue weighted by Gasteiger charge is 2.72. The lowest BCUT2D eigenvalue weighted by Gasteiger charge is -2.71. The molecule has 6 fully saturated rings. The quantitative estimate of drug-likeness (QED) is 0.153. The Morgan fingerprint density at radius 2 is 1.41 bits per heavy atom. The molecule has 20 atom stereocenters. The molecule has 0 aromatic heterocycles. The molecule has 2 saturated heterocycles. The van der Waals surface area contributed by atoms with Gasteiger partial charge in [-0.25, -0.2) is 0 Å². The van der Waals surface area contributed by atoms with Crippen LogP contribution in [0.25, 0.3) is 0 Å². The van der Waals surface area contributed by atoms with E-state index in [0.717, 1.165) is 31.3 Å². The van der Waals surface area contributed by atoms with Gasteiger partial charge < -0.3 is 64.9 Å². The van der Waals surface area contributed by atoms with Gasteiger partial charge in [-0.3, -0.25) is 0 Å². The van der Waals surface area contributed by atoms with E-state index in [4.69, 9.17) is 18.9 Å². The molecule has 6 aliphatic rings. The average Bonchev–Trinajstić information content (AvgIpc) is 3.48. The second-order valence-corrected chi connectivity index (χ2v) is 19.8. The summed E-state index contributed by atoms with van der Waals surface area (Å²) in [5.74, 6) is -0.00789. The highest BCUT2D eigenvalue weighted by atomic mass is 16.7. The van der Waals surface area contributed by atoms with Gasteiger partial charge in [0.25, 0.3) is 0 Å². The van der Waals surface area contributed by atoms with Gasteiger partial charge in [-0.2, -0.15) is 0 Å². The molecule has 13 nitrogen and oxygen atoms in total. The molecule has 0 unspecified atom stereocenters. The Kier molecular flexibility index (Phi) is 12.0. The van der Waals surface area contributed by atoms with Gasteiger partial charge in [-0.15, -0.1) is 0 Å². The molecule has 4 saturated carbocycles. The minimum atomic E-state index is -1.65. The molecule has 6 rings (SSSR count). The van der Waals surface area contributed by atoms with Gasteiger partial charge in [0.15, 0.2) is 12.6 Å². The Labute approximate surface area is 320 Å². The summed E-state index contributed by atoms with van der Waals surface area (Å²) in [6.45, 7) is 16.5. The maximum Gasteiger partial charge on any atom is 0.187 e. The molecule has 2 aliphatic heterocycles. The number of aliphatic hydroxyl groups excluding tert-OH is 9. The van der Waals surface area contributed by atoms with E-state index in [1.54, 1.807) is 0 Å². The van der Waals surface area contributed by atoms with Crippen molar-refractivity contribution in [2.24, 2.45) is 45.3 Å². The van der Waals surface area contributed by atoms with Crippen LogP contribution in [0.3, 0.4) is 0 Å². The second-order valence-electron chi connectivity index (χ2n) is 19.8. The van der Waals surface area contributed by atoms with Crippen molar-refractivity contribution in [3.8, 4) is 0 Å². The topological polar surface area (TPSA) is 219 Å². The standard InChI is InChI=1S/C41H70O13/c1-20(2)10-9-13-41(8,54-36-33(49)31(47)30(46)25(53-36)19-52-35-32(48)29(45)24(44)18-51-35)21-11-14-40(7)28(21)22(42)16-27-38(5)17-23(43)34(50)37(3,4)26(38)12-15-39(27,40)6/h10,21-36,42-50H,9,11-19H2,1-8H3/t21-,22+,23+,24+,25+,26-,27+,28-,29-,30+,31-,32+,33+,34-,35+,36-,38-,39+,40+,41-/m0/s1. The molecule has 9 N–H and O–H groups in total. The van der Waals surface area contributed by atoms with Crippen LogP contribution in [0.5, 0.6) is 0 Å². The molecule has 0 radical (unpaired) electrons. The number of hydrogen-bond acceptors (Lipinski definition) is 13. The van der Waals surface area contributed by atoms with E-state index in [9.17, 15) is 46.0 Å². The van der Waals surface area contributed by atoms with Crippen molar-refractivity contribution >= 4 is 0 Å². The van der Waals surface area contributed by atoms with E-state index < -0.39 is 84.6 Å². The average molecular weight is 771 g/mol. The molecule has 0 aromatic carbocycles. The van der Waals surface area contributed by atoms with Crippen molar-refractivity contribution in [1.29, 1.82) is 0 Å². The van der Waals surface area contributed by atoms with Crippen molar-refractivity contribution in [2.75, 3.05) is 13.2 Å². The van der Waals surface area contributed by atoms with Gasteiger partial charge in [0.05, 0.1) is 37.1 Å². The Morgan fingerprint density at radius 3 is 2.07 bits per heavy atom. The van der Waals surface area contributed by atoms with Crippen LogP contribution in [0.4, 0.5) is 0 Å². The number of hydrogen-bond donors (Lipinski definition) is 9. The first-order valence-electron chi connectivity index (χ1n) is 20.4. The van der Waals surface area contributed by atoms with Crippen LogP contribution in [0, 0.1) is 45.3 Å². The lowest BCUT2D eigenvalue weighted by molar-refractivity contribution is -0.345. The summed E-state index contributed by atoms with van der Waals surface area (Å²) in [5.41, 5.74) is -1.03. The molecular formula is C41H70O13. The van der Waals surface area contributed by atoms with E-state index in [1.165, 1.54) is 0 Å². The maximum absolute atomic E-state index is 12.4. The number of fused-ring (bicyclic) bond motifs is 5. The highest BCUT2D eigenvalue weighted by Crippen LogP contribution is 2.76. The van der Waals surface area contributed by atoms with Gasteiger partial charge in [0, 0.05) is 0 Å². The van der Waals surface area contributed by atoms with Crippen LogP contribution in [0.1, 0.15) is 107 Å². The van der Waals surface area contributed by atoms with Crippen LogP contribution in [0.2, 0.25) is 0 Å². The third-order valence-electron chi connectivity index (χ3n) is 16.2. The Hall–Kier alpha value is -0.780. The molecule has 2 heterocycles. The first-order valence-corrected chi connectivity index (χ1v) is 20.4. The highest BCUT2D eigenvalue weighted by molar-refractivity contribution is 5.21. The summed E-state index contributed by atoms with van der Waals surface area (Å²) < 4.78 is 24.0. The van der Waals surface area contributed by atoms with Crippen molar-refractivity contribution < 1.29 is 64.9 Å². The van der Waals surface area contributed by atoms with Crippen LogP contribution < -0.4 is 0 Å². The van der Waals surface area contributed by atoms with E-state index >= 15 is 0 Å². The third-order valence-corrected chi connectivity index (χ3v) is 16.2. The fraction of sp³-hybridized carbons (Fsp3) is 0.951. The molecule has 312 valence electrons. The van der Waals surface area contributed by atoms with Gasteiger partial charge in [0.1, 0.15) is 42.7 Å². The van der Waals surface area contributed by atoms with E-state index in [0.29, 0.717) is 25.7 Å². The monoisotopic (exact) mass is 770 g/mol. The van der Waals surface area contributed by atoms with Gasteiger partial charge >= 0.3 is 0 Å². The van der Waals surface area contributed by atoms with Crippen LogP contribution in [0.15, 0.2) is 11.6 Å². The van der Waals surface area contributed by atoms with Crippen molar-refractivity contribution in [2.45, 2.75) is 186 Å². The zero-order valence-corrected chi connectivity index (χ0v) is 33.5. The molecule has 4 aliphatic carbocycles. The maximum atomic E-state index is 12.4. The zero-order valence-electron chi connectivity index (χ0n) is 33.5. The lowest BCUT2D eigenvalue weighted by Crippen LogP contribution is -2.68. The predicted octanol–water partition coefficient (Wildman–Crippen LogP) is 1.76. The first-order chi connectivity index (χ1) is 25.0. The molecule has 0 amide bonds. The molecular weight excluding hydrogens is 700 g/mol. The largest absolute Gasteiger partial charge is 0.393 e. The summed E-state index contributed by atoms with van der Waals surface area (Å²) in [5, 5.41) is 98.2. The van der Waals surface area contributed by atoms with Gasteiger partial charge in [-0.1, -0.05) is 46.3 Å². The molecule has 0 bridgehead atoms. The fourth-order valence-electron chi connectivity index (χ4n) is 13.1. The van der Waals surface area contributed by atoms with Gasteiger partial charge in [-0.05, 0) is 117 Å². The smallest absolute Gasteiger partial charge is 0.187 e. The summed E-state index contributed by atoms with van der Waals surface area (Å²) in [7, 11) is 0. The van der Waals surface area contributed by atoms with E-state index in [2.05, 4.69) is 40.7 Å². The molecule has 0 aromatic rings.